The van der Waals surface area contributed by atoms with E-state index in [1.165, 1.54) is 11.3 Å². The van der Waals surface area contributed by atoms with Crippen LogP contribution in [0, 0.1) is 0 Å². The number of halogens is 1. The maximum absolute atomic E-state index is 12.0. The van der Waals surface area contributed by atoms with Gasteiger partial charge < -0.3 is 10.4 Å². The number of thiophene rings is 1. The molecule has 3 rings (SSSR count). The summed E-state index contributed by atoms with van der Waals surface area (Å²) in [7, 11) is 0. The lowest BCUT2D eigenvalue weighted by Crippen LogP contribution is -2.27. The smallest absolute Gasteiger partial charge is 0.261 e. The molecule has 1 aromatic heterocycles. The maximum atomic E-state index is 12.0. The van der Waals surface area contributed by atoms with Gasteiger partial charge in [0.1, 0.15) is 0 Å². The molecule has 1 heterocycles. The van der Waals surface area contributed by atoms with Crippen LogP contribution in [0.1, 0.15) is 21.3 Å². The minimum atomic E-state index is -0.738. The third-order valence-corrected chi connectivity index (χ3v) is 5.12. The number of amides is 1. The molecule has 2 aromatic carbocycles. The second-order valence-electron chi connectivity index (χ2n) is 4.92. The number of aliphatic hydroxyl groups is 1. The summed E-state index contributed by atoms with van der Waals surface area (Å²) in [5, 5.41) is 17.1. The molecule has 0 unspecified atom stereocenters. The highest BCUT2D eigenvalue weighted by atomic mass is 79.9. The van der Waals surface area contributed by atoms with Gasteiger partial charge >= 0.3 is 0 Å². The van der Waals surface area contributed by atoms with Crippen LogP contribution in [0.2, 0.25) is 0 Å². The van der Waals surface area contributed by atoms with Gasteiger partial charge in [-0.15, -0.1) is 11.3 Å². The standard InChI is InChI=1S/C17H14BrNO2S/c18-12-8-16(22-10-12)17(21)19-9-15(20)14-7-3-5-11-4-1-2-6-13(11)14/h1-8,10,15,20H,9H2,(H,19,21)/t15-/m1/s1. The summed E-state index contributed by atoms with van der Waals surface area (Å²) in [4.78, 5) is 12.6. The molecular weight excluding hydrogens is 362 g/mol. The van der Waals surface area contributed by atoms with Gasteiger partial charge in [-0.3, -0.25) is 4.79 Å². The van der Waals surface area contributed by atoms with Crippen LogP contribution in [-0.2, 0) is 0 Å². The molecule has 2 N–H and O–H groups in total. The molecule has 22 heavy (non-hydrogen) atoms. The average molecular weight is 376 g/mol. The van der Waals surface area contributed by atoms with E-state index >= 15 is 0 Å². The minimum Gasteiger partial charge on any atom is -0.387 e. The van der Waals surface area contributed by atoms with Crippen molar-refractivity contribution in [3.8, 4) is 0 Å². The Balaban J connectivity index is 1.74. The maximum Gasteiger partial charge on any atom is 0.261 e. The largest absolute Gasteiger partial charge is 0.387 e. The Bertz CT molecular complexity index is 810. The van der Waals surface area contributed by atoms with E-state index in [0.717, 1.165) is 20.8 Å². The van der Waals surface area contributed by atoms with E-state index in [1.807, 2.05) is 47.8 Å². The van der Waals surface area contributed by atoms with Gasteiger partial charge in [-0.05, 0) is 38.3 Å². The SMILES string of the molecule is O=C(NC[C@@H](O)c1cccc2ccccc12)c1cc(Br)cs1. The lowest BCUT2D eigenvalue weighted by atomic mass is 10.0. The Morgan fingerprint density at radius 3 is 2.77 bits per heavy atom. The fraction of sp³-hybridized carbons (Fsp3) is 0.118. The number of rotatable bonds is 4. The second kappa shape index (κ2) is 6.60. The molecule has 0 bridgehead atoms. The highest BCUT2D eigenvalue weighted by molar-refractivity contribution is 9.10. The molecule has 1 atom stereocenters. The van der Waals surface area contributed by atoms with Crippen molar-refractivity contribution in [1.82, 2.24) is 5.32 Å². The van der Waals surface area contributed by atoms with E-state index in [4.69, 9.17) is 0 Å². The van der Waals surface area contributed by atoms with Gasteiger partial charge in [0.25, 0.3) is 5.91 Å². The molecule has 112 valence electrons. The Kier molecular flexibility index (Phi) is 4.57. The Hall–Kier alpha value is -1.69. The Labute approximate surface area is 140 Å². The molecule has 0 spiro atoms. The van der Waals surface area contributed by atoms with Crippen molar-refractivity contribution in [3.05, 3.63) is 68.8 Å². The first-order valence-electron chi connectivity index (χ1n) is 6.83. The summed E-state index contributed by atoms with van der Waals surface area (Å²) in [6, 6.07) is 15.5. The van der Waals surface area contributed by atoms with E-state index in [0.29, 0.717) is 4.88 Å². The molecule has 5 heteroatoms. The number of fused-ring (bicyclic) bond motifs is 1. The van der Waals surface area contributed by atoms with E-state index in [-0.39, 0.29) is 12.5 Å². The summed E-state index contributed by atoms with van der Waals surface area (Å²) < 4.78 is 0.886. The minimum absolute atomic E-state index is 0.171. The number of hydrogen-bond acceptors (Lipinski definition) is 3. The van der Waals surface area contributed by atoms with Gasteiger partial charge in [0.2, 0.25) is 0 Å². The predicted molar refractivity (Wildman–Crippen MR) is 93.3 cm³/mol. The van der Waals surface area contributed by atoms with Crippen molar-refractivity contribution < 1.29 is 9.90 Å². The summed E-state index contributed by atoms with van der Waals surface area (Å²) in [5.41, 5.74) is 0.825. The molecular formula is C17H14BrNO2S. The monoisotopic (exact) mass is 375 g/mol. The zero-order valence-corrected chi connectivity index (χ0v) is 14.0. The fourth-order valence-corrected chi connectivity index (χ4v) is 3.70. The first kappa shape index (κ1) is 15.2. The van der Waals surface area contributed by atoms with Crippen molar-refractivity contribution in [2.45, 2.75) is 6.10 Å². The van der Waals surface area contributed by atoms with Crippen molar-refractivity contribution in [2.24, 2.45) is 0 Å². The topological polar surface area (TPSA) is 49.3 Å². The van der Waals surface area contributed by atoms with E-state index in [2.05, 4.69) is 21.2 Å². The van der Waals surface area contributed by atoms with Crippen molar-refractivity contribution in [3.63, 3.8) is 0 Å². The van der Waals surface area contributed by atoms with Crippen LogP contribution >= 0.6 is 27.3 Å². The second-order valence-corrected chi connectivity index (χ2v) is 6.75. The van der Waals surface area contributed by atoms with E-state index in [1.54, 1.807) is 6.07 Å². The van der Waals surface area contributed by atoms with Crippen LogP contribution in [0.5, 0.6) is 0 Å². The van der Waals surface area contributed by atoms with Crippen LogP contribution in [-0.4, -0.2) is 17.6 Å². The molecule has 0 aliphatic rings. The fourth-order valence-electron chi connectivity index (χ4n) is 2.36. The van der Waals surface area contributed by atoms with Crippen LogP contribution in [0.3, 0.4) is 0 Å². The van der Waals surface area contributed by atoms with Gasteiger partial charge in [-0.1, -0.05) is 42.5 Å². The number of nitrogens with one attached hydrogen (secondary N) is 1. The Morgan fingerprint density at radius 1 is 1.23 bits per heavy atom. The van der Waals surface area contributed by atoms with Crippen molar-refractivity contribution in [1.29, 1.82) is 0 Å². The summed E-state index contributed by atoms with van der Waals surface area (Å²) >= 11 is 4.69. The number of hydrogen-bond donors (Lipinski definition) is 2. The summed E-state index contributed by atoms with van der Waals surface area (Å²) in [6.07, 6.45) is -0.738. The number of carbonyl (C=O) groups excluding carboxylic acids is 1. The molecule has 0 aliphatic heterocycles. The molecule has 0 fully saturated rings. The zero-order valence-electron chi connectivity index (χ0n) is 11.6. The van der Waals surface area contributed by atoms with Crippen LogP contribution < -0.4 is 5.32 Å². The Morgan fingerprint density at radius 2 is 2.00 bits per heavy atom. The highest BCUT2D eigenvalue weighted by Gasteiger charge is 2.14. The third kappa shape index (κ3) is 3.21. The van der Waals surface area contributed by atoms with Crippen LogP contribution in [0.15, 0.2) is 58.4 Å². The van der Waals surface area contributed by atoms with Gasteiger partial charge in [0, 0.05) is 16.4 Å². The molecule has 0 aliphatic carbocycles. The van der Waals surface area contributed by atoms with Gasteiger partial charge in [0.05, 0.1) is 11.0 Å². The normalized spacial score (nSPS) is 12.3. The van der Waals surface area contributed by atoms with Gasteiger partial charge in [0.15, 0.2) is 0 Å². The van der Waals surface area contributed by atoms with Gasteiger partial charge in [-0.25, -0.2) is 0 Å². The molecule has 3 aromatic rings. The number of aliphatic hydroxyl groups excluding tert-OH is 1. The predicted octanol–water partition coefficient (Wildman–Crippen LogP) is 4.13. The summed E-state index contributed by atoms with van der Waals surface area (Å²) in [5.74, 6) is -0.171. The zero-order chi connectivity index (χ0) is 15.5. The average Bonchev–Trinajstić information content (AvgIpc) is 2.98. The highest BCUT2D eigenvalue weighted by Crippen LogP contribution is 2.24. The quantitative estimate of drug-likeness (QED) is 0.720. The molecule has 0 saturated carbocycles. The third-order valence-electron chi connectivity index (χ3n) is 3.43. The molecule has 0 radical (unpaired) electrons. The molecule has 0 saturated heterocycles. The van der Waals surface area contributed by atoms with E-state index in [9.17, 15) is 9.90 Å². The molecule has 1 amide bonds. The lowest BCUT2D eigenvalue weighted by Gasteiger charge is -2.14. The first-order chi connectivity index (χ1) is 10.6. The number of carbonyl (C=O) groups is 1. The van der Waals surface area contributed by atoms with Gasteiger partial charge in [-0.2, -0.15) is 0 Å². The first-order valence-corrected chi connectivity index (χ1v) is 8.50. The van der Waals surface area contributed by atoms with Crippen LogP contribution in [0.25, 0.3) is 10.8 Å². The van der Waals surface area contributed by atoms with Crippen molar-refractivity contribution >= 4 is 43.9 Å². The summed E-state index contributed by atoms with van der Waals surface area (Å²) in [6.45, 7) is 0.183. The van der Waals surface area contributed by atoms with E-state index < -0.39 is 6.10 Å². The lowest BCUT2D eigenvalue weighted by molar-refractivity contribution is 0.0921. The van der Waals surface area contributed by atoms with Crippen molar-refractivity contribution in [2.75, 3.05) is 6.54 Å². The number of benzene rings is 2. The van der Waals surface area contributed by atoms with Crippen LogP contribution in [0.4, 0.5) is 0 Å². The molecule has 3 nitrogen and oxygen atoms in total.